The maximum absolute atomic E-state index is 12.4. The Morgan fingerprint density at radius 3 is 2.41 bits per heavy atom. The van der Waals surface area contributed by atoms with E-state index in [1.807, 2.05) is 25.1 Å². The minimum atomic E-state index is -4.17. The predicted molar refractivity (Wildman–Crippen MR) is 123 cm³/mol. The summed E-state index contributed by atoms with van der Waals surface area (Å²) in [4.78, 5) is 8.43. The van der Waals surface area contributed by atoms with Gasteiger partial charge < -0.3 is 10.6 Å². The molecule has 1 heterocycles. The Kier molecular flexibility index (Phi) is 11.9. The van der Waals surface area contributed by atoms with E-state index >= 15 is 0 Å². The fraction of sp³-hybridized carbons (Fsp3) is 0.650. The highest BCUT2D eigenvalue weighted by Crippen LogP contribution is 2.25. The van der Waals surface area contributed by atoms with E-state index < -0.39 is 12.7 Å². The van der Waals surface area contributed by atoms with Crippen molar-refractivity contribution in [1.82, 2.24) is 20.4 Å². The molecule has 1 aliphatic rings. The topological polar surface area (TPSA) is 42.9 Å². The lowest BCUT2D eigenvalue weighted by Gasteiger charge is -2.27. The van der Waals surface area contributed by atoms with Gasteiger partial charge in [0.1, 0.15) is 0 Å². The summed E-state index contributed by atoms with van der Waals surface area (Å²) in [7, 11) is 1.47. The summed E-state index contributed by atoms with van der Waals surface area (Å²) < 4.78 is 37.3. The number of hydrogen-bond acceptors (Lipinski definition) is 3. The van der Waals surface area contributed by atoms with E-state index in [1.54, 1.807) is 0 Å². The number of guanidine groups is 1. The number of nitrogens with one attached hydrogen (secondary N) is 2. The molecule has 29 heavy (non-hydrogen) atoms. The number of likely N-dealkylation sites (N-methyl/N-ethyl adjacent to an activating group) is 1. The van der Waals surface area contributed by atoms with E-state index in [1.165, 1.54) is 30.4 Å². The molecular formula is C20H33F3IN5. The SMILES string of the molecule is CCNC(=NCC(c1ccccc1)N1CCCC1)NCCN(C)CC(F)(F)F.I. The quantitative estimate of drug-likeness (QED) is 0.293. The van der Waals surface area contributed by atoms with Crippen LogP contribution in [0.2, 0.25) is 0 Å². The summed E-state index contributed by atoms with van der Waals surface area (Å²) in [6.45, 7) is 5.20. The van der Waals surface area contributed by atoms with Gasteiger partial charge in [0.15, 0.2) is 5.96 Å². The van der Waals surface area contributed by atoms with E-state index in [9.17, 15) is 13.2 Å². The van der Waals surface area contributed by atoms with Crippen LogP contribution < -0.4 is 10.6 Å². The Labute approximate surface area is 189 Å². The predicted octanol–water partition coefficient (Wildman–Crippen LogP) is 3.49. The van der Waals surface area contributed by atoms with Crippen molar-refractivity contribution >= 4 is 29.9 Å². The molecule has 0 spiro atoms. The molecule has 166 valence electrons. The fourth-order valence-corrected chi connectivity index (χ4v) is 3.43. The Bertz CT molecular complexity index is 592. The van der Waals surface area contributed by atoms with Gasteiger partial charge in [-0.25, -0.2) is 0 Å². The number of likely N-dealkylation sites (tertiary alicyclic amines) is 1. The van der Waals surface area contributed by atoms with Gasteiger partial charge in [-0.2, -0.15) is 13.2 Å². The lowest BCUT2D eigenvalue weighted by Crippen LogP contribution is -2.43. The normalized spacial score (nSPS) is 16.6. The van der Waals surface area contributed by atoms with Gasteiger partial charge in [-0.15, -0.1) is 24.0 Å². The van der Waals surface area contributed by atoms with Crippen LogP contribution in [0.1, 0.15) is 31.4 Å². The number of nitrogens with zero attached hydrogens (tertiary/aromatic N) is 3. The van der Waals surface area contributed by atoms with Crippen LogP contribution in [0.25, 0.3) is 0 Å². The maximum Gasteiger partial charge on any atom is 0.401 e. The minimum Gasteiger partial charge on any atom is -0.357 e. The number of halogens is 4. The molecule has 1 aliphatic heterocycles. The Morgan fingerprint density at radius 1 is 1.17 bits per heavy atom. The summed E-state index contributed by atoms with van der Waals surface area (Å²) in [6, 6.07) is 10.6. The molecule has 1 unspecified atom stereocenters. The van der Waals surface area contributed by atoms with Crippen LogP contribution in [0, 0.1) is 0 Å². The van der Waals surface area contributed by atoms with Crippen LogP contribution in [0.4, 0.5) is 13.2 Å². The standard InChI is InChI=1S/C20H32F3N5.HI/c1-3-24-19(25-11-14-27(2)16-20(21,22)23)26-15-18(28-12-7-8-13-28)17-9-5-4-6-10-17;/h4-6,9-10,18H,3,7-8,11-16H2,1-2H3,(H2,24,25,26);1H. The van der Waals surface area contributed by atoms with Gasteiger partial charge >= 0.3 is 6.18 Å². The monoisotopic (exact) mass is 527 g/mol. The number of benzene rings is 1. The van der Waals surface area contributed by atoms with Gasteiger partial charge in [-0.3, -0.25) is 14.8 Å². The third-order valence-electron chi connectivity index (χ3n) is 4.77. The van der Waals surface area contributed by atoms with Gasteiger partial charge in [-0.05, 0) is 45.5 Å². The highest BCUT2D eigenvalue weighted by atomic mass is 127. The van der Waals surface area contributed by atoms with Gasteiger partial charge in [0.2, 0.25) is 0 Å². The molecule has 2 rings (SSSR count). The van der Waals surface area contributed by atoms with Crippen molar-refractivity contribution in [3.05, 3.63) is 35.9 Å². The van der Waals surface area contributed by atoms with E-state index in [-0.39, 0.29) is 36.6 Å². The maximum atomic E-state index is 12.4. The highest BCUT2D eigenvalue weighted by molar-refractivity contribution is 14.0. The molecule has 0 aliphatic carbocycles. The van der Waals surface area contributed by atoms with Crippen LogP contribution in [0.3, 0.4) is 0 Å². The van der Waals surface area contributed by atoms with Crippen LogP contribution in [0.15, 0.2) is 35.3 Å². The molecular weight excluding hydrogens is 494 g/mol. The number of aliphatic imine (C=N–C) groups is 1. The highest BCUT2D eigenvalue weighted by Gasteiger charge is 2.28. The van der Waals surface area contributed by atoms with Gasteiger partial charge in [0, 0.05) is 19.6 Å². The molecule has 0 bridgehead atoms. The first-order chi connectivity index (χ1) is 13.4. The molecule has 2 N–H and O–H groups in total. The summed E-state index contributed by atoms with van der Waals surface area (Å²) in [5, 5.41) is 6.33. The number of rotatable bonds is 9. The average Bonchev–Trinajstić information content (AvgIpc) is 3.15. The van der Waals surface area contributed by atoms with E-state index in [0.717, 1.165) is 13.1 Å². The zero-order chi connectivity index (χ0) is 20.4. The van der Waals surface area contributed by atoms with Crippen LogP contribution in [-0.4, -0.2) is 74.8 Å². The van der Waals surface area contributed by atoms with Crippen molar-refractivity contribution in [2.45, 2.75) is 32.0 Å². The fourth-order valence-electron chi connectivity index (χ4n) is 3.43. The van der Waals surface area contributed by atoms with Crippen LogP contribution in [0.5, 0.6) is 0 Å². The Balaban J connectivity index is 0.00000420. The zero-order valence-electron chi connectivity index (χ0n) is 17.2. The first-order valence-electron chi connectivity index (χ1n) is 9.95. The van der Waals surface area contributed by atoms with Gasteiger partial charge in [-0.1, -0.05) is 30.3 Å². The molecule has 1 saturated heterocycles. The van der Waals surface area contributed by atoms with Crippen LogP contribution >= 0.6 is 24.0 Å². The van der Waals surface area contributed by atoms with Crippen molar-refractivity contribution in [2.24, 2.45) is 4.99 Å². The molecule has 0 amide bonds. The zero-order valence-corrected chi connectivity index (χ0v) is 19.5. The average molecular weight is 527 g/mol. The second kappa shape index (κ2) is 13.3. The van der Waals surface area contributed by atoms with Crippen molar-refractivity contribution in [3.8, 4) is 0 Å². The van der Waals surface area contributed by atoms with E-state index in [4.69, 9.17) is 4.99 Å². The van der Waals surface area contributed by atoms with Gasteiger partial charge in [0.25, 0.3) is 0 Å². The molecule has 1 fully saturated rings. The molecule has 0 saturated carbocycles. The molecule has 1 atom stereocenters. The largest absolute Gasteiger partial charge is 0.401 e. The number of hydrogen-bond donors (Lipinski definition) is 2. The first kappa shape index (κ1) is 26.0. The van der Waals surface area contributed by atoms with E-state index in [2.05, 4.69) is 27.7 Å². The number of alkyl halides is 3. The lowest BCUT2D eigenvalue weighted by atomic mass is 10.1. The van der Waals surface area contributed by atoms with Crippen molar-refractivity contribution < 1.29 is 13.2 Å². The molecule has 1 aromatic rings. The summed E-state index contributed by atoms with van der Waals surface area (Å²) in [5.74, 6) is 0.642. The Hall–Kier alpha value is -1.07. The lowest BCUT2D eigenvalue weighted by molar-refractivity contribution is -0.142. The van der Waals surface area contributed by atoms with E-state index in [0.29, 0.717) is 25.6 Å². The minimum absolute atomic E-state index is 0. The third-order valence-corrected chi connectivity index (χ3v) is 4.77. The van der Waals surface area contributed by atoms with Crippen molar-refractivity contribution in [2.75, 3.05) is 52.9 Å². The molecule has 9 heteroatoms. The molecule has 0 aromatic heterocycles. The molecule has 1 aromatic carbocycles. The Morgan fingerprint density at radius 2 is 1.83 bits per heavy atom. The first-order valence-corrected chi connectivity index (χ1v) is 9.95. The summed E-state index contributed by atoms with van der Waals surface area (Å²) >= 11 is 0. The molecule has 5 nitrogen and oxygen atoms in total. The second-order valence-corrected chi connectivity index (χ2v) is 7.17. The summed E-state index contributed by atoms with van der Waals surface area (Å²) in [6.07, 6.45) is -1.76. The third kappa shape index (κ3) is 9.99. The van der Waals surface area contributed by atoms with Crippen molar-refractivity contribution in [1.29, 1.82) is 0 Å². The van der Waals surface area contributed by atoms with Gasteiger partial charge in [0.05, 0.1) is 19.1 Å². The van der Waals surface area contributed by atoms with Crippen molar-refractivity contribution in [3.63, 3.8) is 0 Å². The summed E-state index contributed by atoms with van der Waals surface area (Å²) in [5.41, 5.74) is 1.24. The van der Waals surface area contributed by atoms with Crippen LogP contribution in [-0.2, 0) is 0 Å². The molecule has 0 radical (unpaired) electrons. The second-order valence-electron chi connectivity index (χ2n) is 7.17. The smallest absolute Gasteiger partial charge is 0.357 e.